The van der Waals surface area contributed by atoms with E-state index >= 15 is 0 Å². The van der Waals surface area contributed by atoms with E-state index < -0.39 is 188 Å². The lowest BCUT2D eigenvalue weighted by molar-refractivity contribution is 0.161. The van der Waals surface area contributed by atoms with E-state index in [1.165, 1.54) is 52.2 Å². The Kier molecular flexibility index (Phi) is 50.6. The third-order valence-corrected chi connectivity index (χ3v) is 117. The molecule has 0 saturated heterocycles. The molecule has 81 heavy (non-hydrogen) atoms. The van der Waals surface area contributed by atoms with E-state index in [9.17, 15) is 0 Å². The van der Waals surface area contributed by atoms with Crippen molar-refractivity contribution in [1.82, 2.24) is 0 Å². The van der Waals surface area contributed by atoms with Crippen molar-refractivity contribution in [3.05, 3.63) is 61.4 Å². The average molecular weight is 1580 g/mol. The van der Waals surface area contributed by atoms with Crippen LogP contribution in [0.25, 0.3) is 0 Å². The smallest absolute Gasteiger partial charge is 0.426 e. The maximum Gasteiger partial charge on any atom is 0.519 e. The molecular weight excluding hydrogens is 1460 g/mol. The zero-order chi connectivity index (χ0) is 63.3. The van der Waals surface area contributed by atoms with Crippen LogP contribution in [-0.2, 0) is 92.4 Å². The van der Waals surface area contributed by atoms with Gasteiger partial charge in [-0.25, -0.2) is 0 Å². The third kappa shape index (κ3) is 29.6. The van der Waals surface area contributed by atoms with Crippen molar-refractivity contribution in [3.63, 3.8) is 0 Å². The van der Waals surface area contributed by atoms with Crippen LogP contribution < -0.4 is 0 Å². The Hall–Kier alpha value is 3.24. The Morgan fingerprint density at radius 2 is 0.802 bits per heavy atom. The first-order valence-corrected chi connectivity index (χ1v) is 86.1. The van der Waals surface area contributed by atoms with Gasteiger partial charge in [0.2, 0.25) is 8.32 Å². The first-order chi connectivity index (χ1) is 38.2. The third-order valence-electron chi connectivity index (χ3n) is 13.3. The van der Waals surface area contributed by atoms with Crippen LogP contribution in [0.5, 0.6) is 0 Å². The number of rotatable bonds is 50. The number of hydrogen-bond donors (Lipinski definition) is 0. The fourth-order valence-corrected chi connectivity index (χ4v) is 108. The quantitative estimate of drug-likeness (QED) is 0.0526. The number of hydrogen-bond acceptors (Lipinski definition) is 22. The van der Waals surface area contributed by atoms with E-state index in [2.05, 4.69) is 113 Å². The summed E-state index contributed by atoms with van der Waals surface area (Å²) < 4.78 is 137. The van der Waals surface area contributed by atoms with Crippen LogP contribution in [0, 0.1) is 0 Å². The summed E-state index contributed by atoms with van der Waals surface area (Å²) in [5.74, 6) is 0. The highest BCUT2D eigenvalue weighted by Crippen LogP contribution is 2.28. The lowest BCUT2D eigenvalue weighted by atomic mass is 11.0. The van der Waals surface area contributed by atoms with Gasteiger partial charge in [-0.2, -0.15) is 0 Å². The minimum absolute atomic E-state index is 0.0917. The Morgan fingerprint density at radius 3 is 1.15 bits per heavy atom. The second-order valence-electron chi connectivity index (χ2n) is 18.8. The summed E-state index contributed by atoms with van der Waals surface area (Å²) in [7, 11) is -29.8. The van der Waals surface area contributed by atoms with E-state index in [0.29, 0.717) is 10.5 Å². The van der Waals surface area contributed by atoms with Crippen LogP contribution in [0.2, 0.25) is 96.7 Å². The van der Waals surface area contributed by atoms with Gasteiger partial charge in [0, 0.05) is 59.5 Å². The van der Waals surface area contributed by atoms with E-state index in [-0.39, 0.29) is 9.04 Å². The van der Waals surface area contributed by atoms with Gasteiger partial charge in [-0.3, -0.25) is 0 Å². The highest BCUT2D eigenvalue weighted by molar-refractivity contribution is 7.49. The highest BCUT2D eigenvalue weighted by Gasteiger charge is 2.58. The molecule has 0 aliphatic carbocycles. The molecule has 10 atom stereocenters. The predicted molar refractivity (Wildman–Crippen MR) is 398 cm³/mol. The summed E-state index contributed by atoms with van der Waals surface area (Å²) in [5.41, 5.74) is 7.95. The predicted octanol–water partition coefficient (Wildman–Crippen LogP) is -4.74. The normalized spacial score (nSPS) is 19.3. The molecule has 0 aliphatic rings. The van der Waals surface area contributed by atoms with Gasteiger partial charge in [-0.1, -0.05) is 110 Å². The maximum atomic E-state index is 7.15. The molecular formula is C34H114O22Si25. The van der Waals surface area contributed by atoms with Crippen molar-refractivity contribution in [2.24, 2.45) is 0 Å². The van der Waals surface area contributed by atoms with Crippen molar-refractivity contribution >= 4 is 227 Å². The van der Waals surface area contributed by atoms with E-state index in [4.69, 9.17) is 92.4 Å². The molecule has 0 radical (unpaired) electrons. The summed E-state index contributed by atoms with van der Waals surface area (Å²) in [6.07, 6.45) is 0. The maximum absolute atomic E-state index is 7.15. The minimum Gasteiger partial charge on any atom is -0.426 e. The molecule has 0 aliphatic heterocycles. The highest BCUT2D eigenvalue weighted by atomic mass is 29.6. The fourth-order valence-electron chi connectivity index (χ4n) is 6.99. The molecule has 0 bridgehead atoms. The van der Waals surface area contributed by atoms with Crippen molar-refractivity contribution in [3.8, 4) is 0 Å². The lowest BCUT2D eigenvalue weighted by Gasteiger charge is -2.43. The Balaban J connectivity index is -0.00000148. The molecule has 0 aromatic carbocycles. The molecule has 47 heteroatoms. The molecule has 0 saturated carbocycles. The monoisotopic (exact) mass is 1570 g/mol. The van der Waals surface area contributed by atoms with Crippen LogP contribution in [0.3, 0.4) is 0 Å². The van der Waals surface area contributed by atoms with Crippen molar-refractivity contribution < 1.29 is 92.4 Å². The second kappa shape index (κ2) is 46.3. The van der Waals surface area contributed by atoms with Crippen molar-refractivity contribution in [1.29, 1.82) is 0 Å². The summed E-state index contributed by atoms with van der Waals surface area (Å²) in [4.78, 5) is 0. The summed E-state index contributed by atoms with van der Waals surface area (Å²) >= 11 is 0. The molecule has 0 aromatic heterocycles. The van der Waals surface area contributed by atoms with Gasteiger partial charge in [-0.05, 0) is 68.5 Å². The van der Waals surface area contributed by atoms with Gasteiger partial charge in [0.1, 0.15) is 64.7 Å². The molecule has 0 amide bonds. The Labute approximate surface area is 536 Å². The molecule has 482 valence electrons. The molecule has 22 nitrogen and oxygen atoms in total. The standard InChI is InChI=1S/C18H66O11Si14.C16H42O11Si9.H6Si2/c1-16-35(10)41(19-4,20-5)26-33-22-39(28-40(14,15)38(13)32-9)23-34-27-43(25-31-8,37(12)18-3)29-42(21-6,24-30-7)36(11)17-2;1-12-32(10,11)26-36(16-5,24-30-22-33(13-2,17-6)18-7)25-31-23-35(15-4,21-29-9)27-34(14-3,19-8)20-28;1-2/h35-39H,16-18,30-34H2,1-15H3;12-16H,1-5,29-31H2,6-11,28H3;1-2H3. The van der Waals surface area contributed by atoms with Crippen LogP contribution in [0.1, 0.15) is 20.8 Å². The first-order valence-electron chi connectivity index (χ1n) is 28.0. The van der Waals surface area contributed by atoms with Gasteiger partial charge in [-0.15, -0.1) is 19.7 Å². The Morgan fingerprint density at radius 1 is 0.432 bits per heavy atom. The van der Waals surface area contributed by atoms with E-state index in [1.807, 2.05) is 19.6 Å². The molecule has 10 unspecified atom stereocenters. The molecule has 0 spiro atoms. The first kappa shape index (κ1) is 88.4. The van der Waals surface area contributed by atoms with E-state index in [1.54, 1.807) is 38.4 Å². The van der Waals surface area contributed by atoms with Crippen LogP contribution in [-0.4, -0.2) is 270 Å². The van der Waals surface area contributed by atoms with Crippen molar-refractivity contribution in [2.45, 2.75) is 117 Å². The Bertz CT molecular complexity index is 1700. The van der Waals surface area contributed by atoms with Gasteiger partial charge in [0.15, 0.2) is 7.83 Å². The zero-order valence-electron chi connectivity index (χ0n) is 54.6. The van der Waals surface area contributed by atoms with Crippen LogP contribution in [0.4, 0.5) is 0 Å². The van der Waals surface area contributed by atoms with Gasteiger partial charge >= 0.3 is 69.7 Å². The molecule has 0 N–H and O–H groups in total. The topological polar surface area (TPSA) is 203 Å². The molecule has 0 rings (SSSR count). The average Bonchev–Trinajstić information content (AvgIpc) is 3.48. The van der Waals surface area contributed by atoms with Gasteiger partial charge < -0.3 is 92.4 Å². The largest absolute Gasteiger partial charge is 0.519 e. The zero-order valence-corrected chi connectivity index (χ0v) is 86.7. The summed E-state index contributed by atoms with van der Waals surface area (Å²) in [5, 5.41) is 0. The lowest BCUT2D eigenvalue weighted by Crippen LogP contribution is -2.70. The second-order valence-corrected chi connectivity index (χ2v) is 101. The SMILES string of the molecule is C=C[Si](C)(C)O[Si](C=C)(O[SiH2]O[Si](C=C)(OC)OC)O[SiH2]O[Si](C=C)(O[SiH2]C)O[Si](C=C)(OC)O[SiH3].CC[SiH](C)[Si](OC)(OC)O[SiH2]O[SiH](O[SiH2]O[Si](O[SiH2]C)(O[Si](OC)(O[SiH2]C)[SiH](C)CC)[SiH](C)CC)O[Si](C)(C)[SiH](C)[SiH2]C.[SiH3][SiH3]. The van der Waals surface area contributed by atoms with Crippen molar-refractivity contribution in [2.75, 3.05) is 42.7 Å². The molecule has 0 fully saturated rings. The van der Waals surface area contributed by atoms with Crippen LogP contribution >= 0.6 is 0 Å². The summed E-state index contributed by atoms with van der Waals surface area (Å²) in [6.45, 7) is 52.5. The van der Waals surface area contributed by atoms with Gasteiger partial charge in [0.25, 0.3) is 40.0 Å². The minimum atomic E-state index is -3.45. The summed E-state index contributed by atoms with van der Waals surface area (Å²) in [6, 6.07) is 3.12. The fraction of sp³-hybridized carbons (Fsp3) is 0.706. The van der Waals surface area contributed by atoms with Gasteiger partial charge in [0.05, 0.1) is 0 Å². The molecule has 0 heterocycles. The van der Waals surface area contributed by atoms with Crippen LogP contribution in [0.15, 0.2) is 61.4 Å². The molecule has 0 aromatic rings. The van der Waals surface area contributed by atoms with E-state index in [0.717, 1.165) is 18.1 Å².